The van der Waals surface area contributed by atoms with E-state index in [1.165, 1.54) is 0 Å². The minimum atomic E-state index is -0.765. The van der Waals surface area contributed by atoms with Gasteiger partial charge in [0.2, 0.25) is 0 Å². The molecule has 0 bridgehead atoms. The summed E-state index contributed by atoms with van der Waals surface area (Å²) >= 11 is 5.66. The number of alkyl halides is 1. The Morgan fingerprint density at radius 3 is 2.55 bits per heavy atom. The first-order valence-corrected chi connectivity index (χ1v) is 8.05. The number of rotatable bonds is 8. The molecule has 1 atom stereocenters. The second kappa shape index (κ2) is 8.04. The van der Waals surface area contributed by atoms with E-state index in [1.54, 1.807) is 7.11 Å². The summed E-state index contributed by atoms with van der Waals surface area (Å²) in [4.78, 5) is 11.6. The number of fused-ring (bicyclic) bond motifs is 1. The maximum atomic E-state index is 11.6. The highest BCUT2D eigenvalue weighted by molar-refractivity contribution is 6.17. The van der Waals surface area contributed by atoms with Gasteiger partial charge in [0.25, 0.3) is 0 Å². The molecule has 0 aliphatic carbocycles. The molecule has 1 N–H and O–H groups in total. The van der Waals surface area contributed by atoms with E-state index < -0.39 is 11.9 Å². The van der Waals surface area contributed by atoms with Crippen molar-refractivity contribution in [2.75, 3.05) is 13.0 Å². The Morgan fingerprint density at radius 1 is 1.14 bits per heavy atom. The Kier molecular flexibility index (Phi) is 6.08. The number of halogens is 1. The highest BCUT2D eigenvalue weighted by atomic mass is 35.5. The molecular weight excluding hydrogens is 300 g/mol. The fraction of sp³-hybridized carbons (Fsp3) is 0.389. The molecule has 22 heavy (non-hydrogen) atoms. The largest absolute Gasteiger partial charge is 0.497 e. The first kappa shape index (κ1) is 16.6. The van der Waals surface area contributed by atoms with Gasteiger partial charge in [-0.05, 0) is 41.3 Å². The first-order valence-electron chi connectivity index (χ1n) is 7.52. The summed E-state index contributed by atoms with van der Waals surface area (Å²) in [5.74, 6) is 0.215. The molecule has 4 heteroatoms. The van der Waals surface area contributed by atoms with Crippen molar-refractivity contribution in [2.45, 2.75) is 31.6 Å². The van der Waals surface area contributed by atoms with E-state index in [2.05, 4.69) is 0 Å². The summed E-state index contributed by atoms with van der Waals surface area (Å²) in [6.07, 6.45) is 3.43. The predicted molar refractivity (Wildman–Crippen MR) is 90.1 cm³/mol. The van der Waals surface area contributed by atoms with Gasteiger partial charge in [0.15, 0.2) is 0 Å². The molecule has 2 rings (SSSR count). The lowest BCUT2D eigenvalue weighted by Crippen LogP contribution is -2.11. The van der Waals surface area contributed by atoms with Crippen LogP contribution in [0.3, 0.4) is 0 Å². The molecule has 2 aromatic carbocycles. The molecule has 0 aliphatic rings. The topological polar surface area (TPSA) is 46.5 Å². The van der Waals surface area contributed by atoms with Crippen LogP contribution < -0.4 is 4.74 Å². The van der Waals surface area contributed by atoms with Gasteiger partial charge in [0.1, 0.15) is 5.75 Å². The summed E-state index contributed by atoms with van der Waals surface area (Å²) in [7, 11) is 1.64. The average Bonchev–Trinajstić information content (AvgIpc) is 2.53. The maximum absolute atomic E-state index is 11.6. The number of hydrogen-bond acceptors (Lipinski definition) is 2. The van der Waals surface area contributed by atoms with Gasteiger partial charge >= 0.3 is 5.97 Å². The SMILES string of the molecule is COc1ccc2cc([C@H](CCCCCCl)C(=O)O)ccc2c1. The third kappa shape index (κ3) is 4.14. The van der Waals surface area contributed by atoms with Crippen LogP contribution in [0.5, 0.6) is 5.75 Å². The molecule has 0 fully saturated rings. The highest BCUT2D eigenvalue weighted by Gasteiger charge is 2.19. The van der Waals surface area contributed by atoms with E-state index in [-0.39, 0.29) is 0 Å². The number of unbranched alkanes of at least 4 members (excludes halogenated alkanes) is 2. The number of carboxylic acid groups (broad SMARTS) is 1. The number of methoxy groups -OCH3 is 1. The van der Waals surface area contributed by atoms with E-state index in [0.717, 1.165) is 41.3 Å². The van der Waals surface area contributed by atoms with Gasteiger partial charge in [-0.15, -0.1) is 11.6 Å². The lowest BCUT2D eigenvalue weighted by Gasteiger charge is -2.14. The van der Waals surface area contributed by atoms with Gasteiger partial charge in [-0.1, -0.05) is 37.1 Å². The van der Waals surface area contributed by atoms with Crippen molar-refractivity contribution in [1.29, 1.82) is 0 Å². The molecule has 3 nitrogen and oxygen atoms in total. The van der Waals surface area contributed by atoms with Crippen molar-refractivity contribution in [1.82, 2.24) is 0 Å². The highest BCUT2D eigenvalue weighted by Crippen LogP contribution is 2.28. The van der Waals surface area contributed by atoms with Crippen LogP contribution in [0, 0.1) is 0 Å². The molecular formula is C18H21ClO3. The first-order chi connectivity index (χ1) is 10.7. The molecule has 0 spiro atoms. The molecule has 0 heterocycles. The Bertz CT molecular complexity index is 639. The Labute approximate surface area is 135 Å². The van der Waals surface area contributed by atoms with E-state index in [4.69, 9.17) is 16.3 Å². The minimum Gasteiger partial charge on any atom is -0.497 e. The van der Waals surface area contributed by atoms with Crippen molar-refractivity contribution < 1.29 is 14.6 Å². The smallest absolute Gasteiger partial charge is 0.310 e. The van der Waals surface area contributed by atoms with Crippen LogP contribution in [0.1, 0.15) is 37.2 Å². The Hall–Kier alpha value is -1.74. The second-order valence-electron chi connectivity index (χ2n) is 5.40. The van der Waals surface area contributed by atoms with Gasteiger partial charge in [-0.25, -0.2) is 0 Å². The van der Waals surface area contributed by atoms with Crippen LogP contribution in [0.15, 0.2) is 36.4 Å². The average molecular weight is 321 g/mol. The van der Waals surface area contributed by atoms with E-state index in [9.17, 15) is 9.90 Å². The number of benzene rings is 2. The summed E-state index contributed by atoms with van der Waals surface area (Å²) in [6, 6.07) is 11.6. The fourth-order valence-corrected chi connectivity index (χ4v) is 2.83. The van der Waals surface area contributed by atoms with Crippen LogP contribution in [0.4, 0.5) is 0 Å². The van der Waals surface area contributed by atoms with E-state index >= 15 is 0 Å². The van der Waals surface area contributed by atoms with Crippen LogP contribution in [0.2, 0.25) is 0 Å². The summed E-state index contributed by atoms with van der Waals surface area (Å²) in [6.45, 7) is 0. The normalized spacial score (nSPS) is 12.3. The van der Waals surface area contributed by atoms with Gasteiger partial charge < -0.3 is 9.84 Å². The van der Waals surface area contributed by atoms with Gasteiger partial charge in [0.05, 0.1) is 13.0 Å². The van der Waals surface area contributed by atoms with E-state index in [0.29, 0.717) is 12.3 Å². The number of carbonyl (C=O) groups is 1. The van der Waals surface area contributed by atoms with Crippen LogP contribution in [-0.4, -0.2) is 24.1 Å². The number of aliphatic carboxylic acids is 1. The molecule has 0 aromatic heterocycles. The van der Waals surface area contributed by atoms with Crippen LogP contribution >= 0.6 is 11.6 Å². The number of ether oxygens (including phenoxy) is 1. The standard InChI is InChI=1S/C18H21ClO3/c1-22-16-9-8-13-11-15(7-6-14(13)12-16)17(18(20)21)5-3-2-4-10-19/h6-9,11-12,17H,2-5,10H2,1H3,(H,20,21)/t17-/m0/s1. The predicted octanol–water partition coefficient (Wildman–Crippen LogP) is 4.82. The molecule has 0 unspecified atom stereocenters. The van der Waals surface area contributed by atoms with Crippen molar-refractivity contribution >= 4 is 28.3 Å². The third-order valence-corrected chi connectivity index (χ3v) is 4.17. The summed E-state index contributed by atoms with van der Waals surface area (Å²) in [5, 5.41) is 11.6. The number of carboxylic acids is 1. The molecule has 0 saturated heterocycles. The quantitative estimate of drug-likeness (QED) is 0.560. The van der Waals surface area contributed by atoms with Crippen molar-refractivity contribution in [3.8, 4) is 5.75 Å². The maximum Gasteiger partial charge on any atom is 0.310 e. The molecule has 0 amide bonds. The molecule has 0 radical (unpaired) electrons. The van der Waals surface area contributed by atoms with Crippen molar-refractivity contribution in [3.05, 3.63) is 42.0 Å². The van der Waals surface area contributed by atoms with Gasteiger partial charge in [-0.2, -0.15) is 0 Å². The van der Waals surface area contributed by atoms with E-state index in [1.807, 2.05) is 36.4 Å². The zero-order valence-corrected chi connectivity index (χ0v) is 13.5. The lowest BCUT2D eigenvalue weighted by atomic mass is 9.91. The molecule has 0 saturated carbocycles. The summed E-state index contributed by atoms with van der Waals surface area (Å²) in [5.41, 5.74) is 0.857. The monoisotopic (exact) mass is 320 g/mol. The molecule has 0 aliphatic heterocycles. The van der Waals surface area contributed by atoms with Crippen molar-refractivity contribution in [3.63, 3.8) is 0 Å². The van der Waals surface area contributed by atoms with Crippen molar-refractivity contribution in [2.24, 2.45) is 0 Å². The van der Waals surface area contributed by atoms with Gasteiger partial charge in [-0.3, -0.25) is 4.79 Å². The lowest BCUT2D eigenvalue weighted by molar-refractivity contribution is -0.139. The summed E-state index contributed by atoms with van der Waals surface area (Å²) < 4.78 is 5.21. The van der Waals surface area contributed by atoms with Crippen LogP contribution in [-0.2, 0) is 4.79 Å². The zero-order chi connectivity index (χ0) is 15.9. The second-order valence-corrected chi connectivity index (χ2v) is 5.78. The fourth-order valence-electron chi connectivity index (χ4n) is 2.64. The third-order valence-electron chi connectivity index (χ3n) is 3.90. The zero-order valence-electron chi connectivity index (χ0n) is 12.7. The Morgan fingerprint density at radius 2 is 1.86 bits per heavy atom. The number of hydrogen-bond donors (Lipinski definition) is 1. The molecule has 2 aromatic rings. The Balaban J connectivity index is 2.20. The van der Waals surface area contributed by atoms with Gasteiger partial charge in [0, 0.05) is 5.88 Å². The molecule has 118 valence electrons. The van der Waals surface area contributed by atoms with Crippen LogP contribution in [0.25, 0.3) is 10.8 Å². The minimum absolute atomic E-state index is 0.457.